The second-order valence-electron chi connectivity index (χ2n) is 6.35. The Bertz CT molecular complexity index is 706. The molecule has 0 radical (unpaired) electrons. The molecule has 1 atom stereocenters. The van der Waals surface area contributed by atoms with E-state index in [0.717, 1.165) is 5.39 Å². The number of hydrogen-bond acceptors (Lipinski definition) is 5. The summed E-state index contributed by atoms with van der Waals surface area (Å²) in [4.78, 5) is 20.4. The highest BCUT2D eigenvalue weighted by Gasteiger charge is 2.31. The van der Waals surface area contributed by atoms with Crippen LogP contribution >= 0.6 is 11.6 Å². The zero-order valence-electron chi connectivity index (χ0n) is 14.1. The summed E-state index contributed by atoms with van der Waals surface area (Å²) >= 11 is 6.00. The number of carbonyl (C=O) groups is 1. The molecule has 0 aromatic carbocycles. The number of aromatic nitrogens is 3. The minimum absolute atomic E-state index is 0.109. The van der Waals surface area contributed by atoms with Crippen molar-refractivity contribution in [2.45, 2.75) is 40.2 Å². The fraction of sp³-hybridized carbons (Fsp3) is 0.562. The van der Waals surface area contributed by atoms with Crippen LogP contribution in [0.25, 0.3) is 11.0 Å². The molecule has 0 aliphatic rings. The highest BCUT2D eigenvalue weighted by Crippen LogP contribution is 2.37. The van der Waals surface area contributed by atoms with Gasteiger partial charge in [-0.05, 0) is 30.0 Å². The van der Waals surface area contributed by atoms with Gasteiger partial charge in [0.25, 0.3) is 0 Å². The normalized spacial score (nSPS) is 13.1. The van der Waals surface area contributed by atoms with Crippen LogP contribution in [-0.4, -0.2) is 34.2 Å². The number of ether oxygens (including phenoxy) is 2. The van der Waals surface area contributed by atoms with E-state index >= 15 is 0 Å². The van der Waals surface area contributed by atoms with Crippen molar-refractivity contribution < 1.29 is 14.3 Å². The predicted octanol–water partition coefficient (Wildman–Crippen LogP) is 3.63. The molecule has 0 amide bonds. The Morgan fingerprint density at radius 2 is 2.09 bits per heavy atom. The molecule has 0 fully saturated rings. The Morgan fingerprint density at radius 1 is 1.39 bits per heavy atom. The van der Waals surface area contributed by atoms with Gasteiger partial charge in [-0.1, -0.05) is 20.8 Å². The molecular weight excluding hydrogens is 318 g/mol. The Morgan fingerprint density at radius 3 is 2.65 bits per heavy atom. The molecule has 0 saturated heterocycles. The number of esters is 1. The summed E-state index contributed by atoms with van der Waals surface area (Å²) in [6.07, 6.45) is 2.14. The van der Waals surface area contributed by atoms with Gasteiger partial charge in [-0.2, -0.15) is 9.97 Å². The third-order valence-corrected chi connectivity index (χ3v) is 3.87. The quantitative estimate of drug-likeness (QED) is 0.614. The van der Waals surface area contributed by atoms with E-state index < -0.39 is 0 Å². The van der Waals surface area contributed by atoms with Gasteiger partial charge in [0.1, 0.15) is 5.65 Å². The van der Waals surface area contributed by atoms with Crippen LogP contribution in [0.3, 0.4) is 0 Å². The van der Waals surface area contributed by atoms with E-state index in [2.05, 4.69) is 30.7 Å². The Balaban J connectivity index is 2.53. The number of methoxy groups -OCH3 is 1. The fourth-order valence-corrected chi connectivity index (χ4v) is 2.74. The maximum absolute atomic E-state index is 12.0. The summed E-state index contributed by atoms with van der Waals surface area (Å²) in [5.41, 5.74) is 0.467. The van der Waals surface area contributed by atoms with Crippen molar-refractivity contribution in [3.8, 4) is 5.88 Å². The van der Waals surface area contributed by atoms with Crippen LogP contribution in [0, 0.1) is 5.41 Å². The second kappa shape index (κ2) is 6.74. The first-order chi connectivity index (χ1) is 10.8. The number of hydrogen-bond donors (Lipinski definition) is 0. The SMILES string of the molecule is CCOC(=O)CC(n1ccc2c(OC)nc(Cl)nc21)C(C)(C)C. The van der Waals surface area contributed by atoms with Crippen molar-refractivity contribution >= 4 is 28.6 Å². The first-order valence-corrected chi connectivity index (χ1v) is 7.89. The Labute approximate surface area is 140 Å². The second-order valence-corrected chi connectivity index (χ2v) is 6.69. The van der Waals surface area contributed by atoms with Crippen molar-refractivity contribution in [3.05, 3.63) is 17.5 Å². The van der Waals surface area contributed by atoms with Gasteiger partial charge in [-0.15, -0.1) is 0 Å². The minimum atomic E-state index is -0.235. The molecule has 0 aliphatic carbocycles. The van der Waals surface area contributed by atoms with Gasteiger partial charge in [-0.3, -0.25) is 4.79 Å². The van der Waals surface area contributed by atoms with E-state index in [9.17, 15) is 4.79 Å². The van der Waals surface area contributed by atoms with Gasteiger partial charge in [0.2, 0.25) is 11.2 Å². The van der Waals surface area contributed by atoms with Crippen LogP contribution in [0.1, 0.15) is 40.2 Å². The van der Waals surface area contributed by atoms with E-state index in [1.165, 1.54) is 7.11 Å². The van der Waals surface area contributed by atoms with Crippen LogP contribution in [0.2, 0.25) is 5.28 Å². The van der Waals surface area contributed by atoms with Crippen molar-refractivity contribution in [2.75, 3.05) is 13.7 Å². The number of rotatable bonds is 5. The lowest BCUT2D eigenvalue weighted by molar-refractivity contribution is -0.144. The molecule has 23 heavy (non-hydrogen) atoms. The fourth-order valence-electron chi connectivity index (χ4n) is 2.59. The van der Waals surface area contributed by atoms with E-state index in [-0.39, 0.29) is 29.1 Å². The van der Waals surface area contributed by atoms with Crippen LogP contribution in [0.4, 0.5) is 0 Å². The molecule has 6 nitrogen and oxygen atoms in total. The molecule has 2 rings (SSSR count). The monoisotopic (exact) mass is 339 g/mol. The van der Waals surface area contributed by atoms with Crippen molar-refractivity contribution in [2.24, 2.45) is 5.41 Å². The number of fused-ring (bicyclic) bond motifs is 1. The van der Waals surface area contributed by atoms with Gasteiger partial charge in [-0.25, -0.2) is 0 Å². The summed E-state index contributed by atoms with van der Waals surface area (Å²) in [5.74, 6) is 0.184. The van der Waals surface area contributed by atoms with Crippen molar-refractivity contribution in [1.82, 2.24) is 14.5 Å². The molecule has 2 heterocycles. The van der Waals surface area contributed by atoms with Gasteiger partial charge in [0.15, 0.2) is 0 Å². The molecule has 2 aromatic rings. The highest BCUT2D eigenvalue weighted by molar-refractivity contribution is 6.28. The molecule has 0 saturated carbocycles. The number of nitrogens with zero attached hydrogens (tertiary/aromatic N) is 3. The van der Waals surface area contributed by atoms with E-state index in [1.54, 1.807) is 6.92 Å². The average molecular weight is 340 g/mol. The Kier molecular flexibility index (Phi) is 5.14. The lowest BCUT2D eigenvalue weighted by Gasteiger charge is -2.31. The van der Waals surface area contributed by atoms with Crippen LogP contribution in [0.15, 0.2) is 12.3 Å². The summed E-state index contributed by atoms with van der Waals surface area (Å²) in [5, 5.41) is 0.869. The highest BCUT2D eigenvalue weighted by atomic mass is 35.5. The first-order valence-electron chi connectivity index (χ1n) is 7.51. The minimum Gasteiger partial charge on any atom is -0.480 e. The maximum Gasteiger partial charge on any atom is 0.307 e. The smallest absolute Gasteiger partial charge is 0.307 e. The lowest BCUT2D eigenvalue weighted by atomic mass is 9.84. The zero-order chi connectivity index (χ0) is 17.2. The first kappa shape index (κ1) is 17.5. The van der Waals surface area contributed by atoms with Crippen LogP contribution in [-0.2, 0) is 9.53 Å². The summed E-state index contributed by atoms with van der Waals surface area (Å²) in [7, 11) is 1.54. The van der Waals surface area contributed by atoms with E-state index in [4.69, 9.17) is 21.1 Å². The lowest BCUT2D eigenvalue weighted by Crippen LogP contribution is -2.27. The molecule has 2 aromatic heterocycles. The zero-order valence-corrected chi connectivity index (χ0v) is 14.8. The van der Waals surface area contributed by atoms with E-state index in [0.29, 0.717) is 18.1 Å². The third-order valence-electron chi connectivity index (χ3n) is 3.70. The van der Waals surface area contributed by atoms with Gasteiger partial charge >= 0.3 is 5.97 Å². The summed E-state index contributed by atoms with van der Waals surface area (Å²) < 4.78 is 12.3. The number of halogens is 1. The molecule has 1 unspecified atom stereocenters. The molecule has 0 spiro atoms. The predicted molar refractivity (Wildman–Crippen MR) is 88.8 cm³/mol. The molecule has 126 valence electrons. The van der Waals surface area contributed by atoms with Crippen LogP contribution in [0.5, 0.6) is 5.88 Å². The van der Waals surface area contributed by atoms with Crippen molar-refractivity contribution in [3.63, 3.8) is 0 Å². The van der Waals surface area contributed by atoms with Gasteiger partial charge in [0, 0.05) is 6.20 Å². The molecule has 0 bridgehead atoms. The average Bonchev–Trinajstić information content (AvgIpc) is 2.86. The topological polar surface area (TPSA) is 66.2 Å². The molecule has 0 aliphatic heterocycles. The standard InChI is InChI=1S/C16H22ClN3O3/c1-6-23-12(21)9-11(16(2,3)4)20-8-7-10-13(20)18-15(17)19-14(10)22-5/h7-8,11H,6,9H2,1-5H3. The molecule has 7 heteroatoms. The molecule has 0 N–H and O–H groups in total. The van der Waals surface area contributed by atoms with Gasteiger partial charge in [0.05, 0.1) is 31.6 Å². The molecular formula is C16H22ClN3O3. The third kappa shape index (κ3) is 3.75. The van der Waals surface area contributed by atoms with E-state index in [1.807, 2.05) is 16.8 Å². The maximum atomic E-state index is 12.0. The Hall–Kier alpha value is -1.82. The van der Waals surface area contributed by atoms with Gasteiger partial charge < -0.3 is 14.0 Å². The largest absolute Gasteiger partial charge is 0.480 e. The summed E-state index contributed by atoms with van der Waals surface area (Å²) in [6.45, 7) is 8.38. The summed E-state index contributed by atoms with van der Waals surface area (Å²) in [6, 6.07) is 1.74. The number of carbonyl (C=O) groups excluding carboxylic acids is 1. The van der Waals surface area contributed by atoms with Crippen molar-refractivity contribution in [1.29, 1.82) is 0 Å². The van der Waals surface area contributed by atoms with Crippen LogP contribution < -0.4 is 4.74 Å².